The van der Waals surface area contributed by atoms with Crippen LogP contribution in [0.5, 0.6) is 0 Å². The number of rotatable bonds is 4. The number of hydrogen-bond donors (Lipinski definition) is 2. The molecule has 2 N–H and O–H groups in total. The number of carbonyl (C=O) groups is 1. The van der Waals surface area contributed by atoms with Gasteiger partial charge >= 0.3 is 0 Å². The van der Waals surface area contributed by atoms with Crippen LogP contribution in [0.4, 0.5) is 5.69 Å². The monoisotopic (exact) mass is 365 g/mol. The second-order valence-electron chi connectivity index (χ2n) is 6.86. The third-order valence-electron chi connectivity index (χ3n) is 4.64. The quantitative estimate of drug-likeness (QED) is 0.742. The molecule has 3 heterocycles. The highest BCUT2D eigenvalue weighted by molar-refractivity contribution is 6.00. The van der Waals surface area contributed by atoms with E-state index in [9.17, 15) is 4.79 Å². The lowest BCUT2D eigenvalue weighted by atomic mass is 10.1. The van der Waals surface area contributed by atoms with Gasteiger partial charge in [-0.3, -0.25) is 4.79 Å². The topological polar surface area (TPSA) is 81.1 Å². The summed E-state index contributed by atoms with van der Waals surface area (Å²) in [5.41, 5.74) is 3.42. The molecule has 4 rings (SSSR count). The maximum absolute atomic E-state index is 12.5. The summed E-state index contributed by atoms with van der Waals surface area (Å²) in [5, 5.41) is 11.8. The van der Waals surface area contributed by atoms with Gasteiger partial charge in [0, 0.05) is 30.1 Å². The zero-order valence-corrected chi connectivity index (χ0v) is 15.5. The first-order valence-corrected chi connectivity index (χ1v) is 9.14. The van der Waals surface area contributed by atoms with Gasteiger partial charge in [0.05, 0.1) is 30.1 Å². The summed E-state index contributed by atoms with van der Waals surface area (Å²) in [7, 11) is 0. The Kier molecular flexibility index (Phi) is 4.87. The summed E-state index contributed by atoms with van der Waals surface area (Å²) in [4.78, 5) is 17.2. The predicted molar refractivity (Wildman–Crippen MR) is 104 cm³/mol. The molecule has 27 heavy (non-hydrogen) atoms. The largest absolute Gasteiger partial charge is 0.378 e. The summed E-state index contributed by atoms with van der Waals surface area (Å²) in [5.74, 6) is 0.681. The molecule has 3 aromatic rings. The molecule has 1 atom stereocenters. The molecule has 0 aliphatic carbocycles. The highest BCUT2D eigenvalue weighted by atomic mass is 16.5. The normalized spacial score (nSPS) is 17.2. The molecule has 7 nitrogen and oxygen atoms in total. The van der Waals surface area contributed by atoms with E-state index in [4.69, 9.17) is 9.72 Å². The minimum absolute atomic E-state index is 0.0481. The lowest BCUT2D eigenvalue weighted by Gasteiger charge is -2.23. The number of nitrogens with one attached hydrogen (secondary N) is 2. The summed E-state index contributed by atoms with van der Waals surface area (Å²) in [6.07, 6.45) is 0.369. The molecule has 1 fully saturated rings. The fourth-order valence-electron chi connectivity index (χ4n) is 3.39. The van der Waals surface area contributed by atoms with Crippen LogP contribution >= 0.6 is 0 Å². The fourth-order valence-corrected chi connectivity index (χ4v) is 3.39. The van der Waals surface area contributed by atoms with E-state index >= 15 is 0 Å². The molecule has 0 bridgehead atoms. The fraction of sp³-hybridized carbons (Fsp3) is 0.350. The van der Waals surface area contributed by atoms with Gasteiger partial charge in [0.15, 0.2) is 5.82 Å². The molecule has 1 saturated heterocycles. The Morgan fingerprint density at radius 2 is 2.22 bits per heavy atom. The second-order valence-corrected chi connectivity index (χ2v) is 6.86. The first-order valence-electron chi connectivity index (χ1n) is 9.14. The standard InChI is InChI=1S/C20H23N5O2/c1-13-10-14(2)25(24-13)18-7-6-15-4-3-5-17(20(15)23-18)22-19(26)11-16-12-27-9-8-21-16/h3-7,10,16,21H,8-9,11-12H2,1-2H3,(H,22,26)/t16-/m0/s1. The van der Waals surface area contributed by atoms with Crippen LogP contribution in [0, 0.1) is 13.8 Å². The van der Waals surface area contributed by atoms with Crippen LogP contribution < -0.4 is 10.6 Å². The maximum atomic E-state index is 12.5. The van der Waals surface area contributed by atoms with E-state index in [-0.39, 0.29) is 11.9 Å². The third kappa shape index (κ3) is 3.84. The number of para-hydroxylation sites is 1. The number of ether oxygens (including phenoxy) is 1. The van der Waals surface area contributed by atoms with Crippen molar-refractivity contribution in [2.24, 2.45) is 0 Å². The van der Waals surface area contributed by atoms with Crippen molar-refractivity contribution in [3.05, 3.63) is 47.8 Å². The second kappa shape index (κ2) is 7.46. The van der Waals surface area contributed by atoms with Crippen LogP contribution in [0.2, 0.25) is 0 Å². The van der Waals surface area contributed by atoms with Crippen molar-refractivity contribution in [2.75, 3.05) is 25.1 Å². The number of fused-ring (bicyclic) bond motifs is 1. The number of benzene rings is 1. The Balaban J connectivity index is 1.61. The van der Waals surface area contributed by atoms with Crippen molar-refractivity contribution in [2.45, 2.75) is 26.3 Å². The van der Waals surface area contributed by atoms with E-state index in [0.717, 1.165) is 34.7 Å². The summed E-state index contributed by atoms with van der Waals surface area (Å²) >= 11 is 0. The van der Waals surface area contributed by atoms with Crippen LogP contribution in [-0.4, -0.2) is 46.5 Å². The number of morpholine rings is 1. The van der Waals surface area contributed by atoms with Crippen molar-refractivity contribution in [1.29, 1.82) is 0 Å². The van der Waals surface area contributed by atoms with Gasteiger partial charge in [-0.2, -0.15) is 5.10 Å². The molecule has 1 aliphatic rings. The van der Waals surface area contributed by atoms with Crippen LogP contribution in [0.3, 0.4) is 0 Å². The minimum atomic E-state index is -0.0520. The number of aromatic nitrogens is 3. The van der Waals surface area contributed by atoms with Gasteiger partial charge in [0.25, 0.3) is 0 Å². The SMILES string of the molecule is Cc1cc(C)n(-c2ccc3cccc(NC(=O)C[C@H]4COCCN4)c3n2)n1. The Hall–Kier alpha value is -2.77. The zero-order chi connectivity index (χ0) is 18.8. The van der Waals surface area contributed by atoms with Crippen molar-refractivity contribution in [3.63, 3.8) is 0 Å². The molecule has 2 aromatic heterocycles. The van der Waals surface area contributed by atoms with Gasteiger partial charge in [-0.15, -0.1) is 0 Å². The Morgan fingerprint density at radius 1 is 1.33 bits per heavy atom. The Labute approximate surface area is 157 Å². The molecule has 0 unspecified atom stereocenters. The van der Waals surface area contributed by atoms with Gasteiger partial charge in [0.1, 0.15) is 0 Å². The van der Waals surface area contributed by atoms with E-state index in [1.807, 2.05) is 54.9 Å². The number of anilines is 1. The summed E-state index contributed by atoms with van der Waals surface area (Å²) in [6.45, 7) is 5.99. The molecular weight excluding hydrogens is 342 g/mol. The van der Waals surface area contributed by atoms with Crippen molar-refractivity contribution in [1.82, 2.24) is 20.1 Å². The van der Waals surface area contributed by atoms with E-state index in [0.29, 0.717) is 25.3 Å². The molecule has 1 aliphatic heterocycles. The average molecular weight is 365 g/mol. The number of hydrogen-bond acceptors (Lipinski definition) is 5. The third-order valence-corrected chi connectivity index (χ3v) is 4.64. The van der Waals surface area contributed by atoms with E-state index in [1.54, 1.807) is 0 Å². The summed E-state index contributed by atoms with van der Waals surface area (Å²) in [6, 6.07) is 11.8. The van der Waals surface area contributed by atoms with Gasteiger partial charge in [-0.1, -0.05) is 12.1 Å². The molecule has 1 aromatic carbocycles. The van der Waals surface area contributed by atoms with E-state index < -0.39 is 0 Å². The van der Waals surface area contributed by atoms with Crippen molar-refractivity contribution in [3.8, 4) is 5.82 Å². The van der Waals surface area contributed by atoms with Gasteiger partial charge in [-0.05, 0) is 38.1 Å². The highest BCUT2D eigenvalue weighted by Gasteiger charge is 2.18. The average Bonchev–Trinajstić information content (AvgIpc) is 3.00. The van der Waals surface area contributed by atoms with Crippen LogP contribution in [-0.2, 0) is 9.53 Å². The predicted octanol–water partition coefficient (Wildman–Crippen LogP) is 2.35. The van der Waals surface area contributed by atoms with E-state index in [2.05, 4.69) is 15.7 Å². The minimum Gasteiger partial charge on any atom is -0.378 e. The first-order chi connectivity index (χ1) is 13.1. The zero-order valence-electron chi connectivity index (χ0n) is 15.5. The van der Waals surface area contributed by atoms with Crippen LogP contribution in [0.25, 0.3) is 16.7 Å². The maximum Gasteiger partial charge on any atom is 0.226 e. The Morgan fingerprint density at radius 3 is 2.96 bits per heavy atom. The number of aryl methyl sites for hydroxylation is 2. The van der Waals surface area contributed by atoms with Crippen LogP contribution in [0.1, 0.15) is 17.8 Å². The first kappa shape index (κ1) is 17.6. The van der Waals surface area contributed by atoms with Gasteiger partial charge < -0.3 is 15.4 Å². The molecule has 0 spiro atoms. The molecule has 1 amide bonds. The highest BCUT2D eigenvalue weighted by Crippen LogP contribution is 2.24. The molecule has 140 valence electrons. The molecule has 0 radical (unpaired) electrons. The number of pyridine rings is 1. The number of nitrogens with zero attached hydrogens (tertiary/aromatic N) is 3. The van der Waals surface area contributed by atoms with Gasteiger partial charge in [-0.25, -0.2) is 9.67 Å². The smallest absolute Gasteiger partial charge is 0.226 e. The van der Waals surface area contributed by atoms with Crippen molar-refractivity contribution >= 4 is 22.5 Å². The van der Waals surface area contributed by atoms with E-state index in [1.165, 1.54) is 0 Å². The molecular formula is C20H23N5O2. The lowest BCUT2D eigenvalue weighted by Crippen LogP contribution is -2.43. The summed E-state index contributed by atoms with van der Waals surface area (Å²) < 4.78 is 7.23. The van der Waals surface area contributed by atoms with Crippen LogP contribution in [0.15, 0.2) is 36.4 Å². The molecule has 7 heteroatoms. The van der Waals surface area contributed by atoms with Crippen molar-refractivity contribution < 1.29 is 9.53 Å². The lowest BCUT2D eigenvalue weighted by molar-refractivity contribution is -0.117. The number of carbonyl (C=O) groups excluding carboxylic acids is 1. The number of amides is 1. The Bertz CT molecular complexity index is 976. The van der Waals surface area contributed by atoms with Gasteiger partial charge in [0.2, 0.25) is 5.91 Å². The molecule has 0 saturated carbocycles.